The third-order valence-corrected chi connectivity index (χ3v) is 11.0. The number of hydrogen-bond acceptors (Lipinski definition) is 1. The number of thioether (sulfide) groups is 1. The highest BCUT2D eigenvalue weighted by Crippen LogP contribution is 2.28. The molecule has 0 N–H and O–H groups in total. The molecule has 0 spiro atoms. The van der Waals surface area contributed by atoms with Crippen LogP contribution in [0.1, 0.15) is 233 Å². The molecule has 0 nitrogen and oxygen atoms in total. The van der Waals surface area contributed by atoms with Crippen molar-refractivity contribution in [1.82, 2.24) is 0 Å². The molecule has 0 aliphatic carbocycles. The van der Waals surface area contributed by atoms with Crippen LogP contribution in [0.15, 0.2) is 0 Å². The van der Waals surface area contributed by atoms with Crippen LogP contribution >= 0.6 is 11.8 Å². The molecule has 0 fully saturated rings. The van der Waals surface area contributed by atoms with E-state index in [1.807, 2.05) is 0 Å². The van der Waals surface area contributed by atoms with Gasteiger partial charge in [0.15, 0.2) is 0 Å². The molecular formula is C40H82S. The first-order valence-corrected chi connectivity index (χ1v) is 21.0. The standard InChI is InChI=1S/C40H82S/c1-5-9-13-17-21-23-27-31-35-39(33-29-25-19-15-11-7-3)37-41-38-40(34-30-26-20-16-12-8-4)36-32-28-24-22-18-14-10-6-2/h39-40H,5-38H2,1-4H3. The van der Waals surface area contributed by atoms with Crippen LogP contribution in [0.4, 0.5) is 0 Å². The molecule has 0 bridgehead atoms. The lowest BCUT2D eigenvalue weighted by Crippen LogP contribution is -2.09. The summed E-state index contributed by atoms with van der Waals surface area (Å²) in [5, 5.41) is 0. The number of hydrogen-bond donors (Lipinski definition) is 0. The molecule has 2 unspecified atom stereocenters. The van der Waals surface area contributed by atoms with E-state index in [0.717, 1.165) is 11.8 Å². The van der Waals surface area contributed by atoms with E-state index in [1.165, 1.54) is 217 Å². The minimum absolute atomic E-state index is 0.990. The summed E-state index contributed by atoms with van der Waals surface area (Å²) in [7, 11) is 0. The Labute approximate surface area is 267 Å². The predicted octanol–water partition coefficient (Wildman–Crippen LogP) is 15.5. The van der Waals surface area contributed by atoms with Crippen LogP contribution in [0.5, 0.6) is 0 Å². The molecule has 0 aliphatic heterocycles. The largest absolute Gasteiger partial charge is 0.161 e. The van der Waals surface area contributed by atoms with Gasteiger partial charge in [0.1, 0.15) is 0 Å². The molecule has 0 amide bonds. The third kappa shape index (κ3) is 33.1. The van der Waals surface area contributed by atoms with Crippen LogP contribution in [-0.4, -0.2) is 11.5 Å². The summed E-state index contributed by atoms with van der Waals surface area (Å²) in [6.07, 6.45) is 46.9. The van der Waals surface area contributed by atoms with Crippen molar-refractivity contribution in [1.29, 1.82) is 0 Å². The van der Waals surface area contributed by atoms with Crippen LogP contribution < -0.4 is 0 Å². The molecule has 248 valence electrons. The number of unbranched alkanes of at least 4 members (excludes halogenated alkanes) is 24. The van der Waals surface area contributed by atoms with Gasteiger partial charge in [-0.1, -0.05) is 207 Å². The molecule has 0 saturated carbocycles. The van der Waals surface area contributed by atoms with Crippen LogP contribution in [-0.2, 0) is 0 Å². The summed E-state index contributed by atoms with van der Waals surface area (Å²) >= 11 is 2.37. The lowest BCUT2D eigenvalue weighted by atomic mass is 9.95. The molecule has 0 aliphatic rings. The van der Waals surface area contributed by atoms with E-state index in [4.69, 9.17) is 0 Å². The minimum atomic E-state index is 0.990. The summed E-state index contributed by atoms with van der Waals surface area (Å²) in [6.45, 7) is 9.33. The van der Waals surface area contributed by atoms with Crippen molar-refractivity contribution < 1.29 is 0 Å². The molecule has 1 heteroatoms. The maximum atomic E-state index is 2.37. The average molecular weight is 595 g/mol. The van der Waals surface area contributed by atoms with Crippen LogP contribution in [0.25, 0.3) is 0 Å². The highest BCUT2D eigenvalue weighted by Gasteiger charge is 2.13. The molecule has 0 radical (unpaired) electrons. The smallest absolute Gasteiger partial charge is 0.00390 e. The number of rotatable bonds is 36. The van der Waals surface area contributed by atoms with Crippen LogP contribution in [0.2, 0.25) is 0 Å². The highest BCUT2D eigenvalue weighted by molar-refractivity contribution is 7.99. The van der Waals surface area contributed by atoms with Crippen LogP contribution in [0, 0.1) is 11.8 Å². The predicted molar refractivity (Wildman–Crippen MR) is 195 cm³/mol. The Balaban J connectivity index is 4.47. The molecule has 0 heterocycles. The Morgan fingerprint density at radius 2 is 0.463 bits per heavy atom. The molecule has 0 saturated heterocycles. The first-order chi connectivity index (χ1) is 20.3. The SMILES string of the molecule is CCCCCCCCCCC(CCCCCCCC)CSCC(CCCCCCCC)CCCCCCCCCC. The molecule has 0 aromatic heterocycles. The molecule has 2 atom stereocenters. The maximum absolute atomic E-state index is 2.37. The van der Waals surface area contributed by atoms with Gasteiger partial charge in [-0.05, 0) is 49.0 Å². The third-order valence-electron chi connectivity index (χ3n) is 9.57. The second kappa shape index (κ2) is 36.5. The molecule has 0 rings (SSSR count). The van der Waals surface area contributed by atoms with Gasteiger partial charge < -0.3 is 0 Å². The zero-order chi connectivity index (χ0) is 29.9. The van der Waals surface area contributed by atoms with Crippen molar-refractivity contribution >= 4 is 11.8 Å². The summed E-state index contributed by atoms with van der Waals surface area (Å²) in [4.78, 5) is 0. The first kappa shape index (κ1) is 41.4. The molecule has 0 aromatic rings. The van der Waals surface area contributed by atoms with Gasteiger partial charge in [-0.2, -0.15) is 11.8 Å². The second-order valence-electron chi connectivity index (χ2n) is 13.9. The molecular weight excluding hydrogens is 513 g/mol. The summed E-state index contributed by atoms with van der Waals surface area (Å²) in [5.41, 5.74) is 0. The summed E-state index contributed by atoms with van der Waals surface area (Å²) in [6, 6.07) is 0. The Bertz CT molecular complexity index is 406. The van der Waals surface area contributed by atoms with Crippen molar-refractivity contribution in [3.63, 3.8) is 0 Å². The van der Waals surface area contributed by atoms with Crippen LogP contribution in [0.3, 0.4) is 0 Å². The normalized spacial score (nSPS) is 13.2. The van der Waals surface area contributed by atoms with Crippen molar-refractivity contribution in [3.8, 4) is 0 Å². The fraction of sp³-hybridized carbons (Fsp3) is 1.00. The van der Waals surface area contributed by atoms with Crippen molar-refractivity contribution in [3.05, 3.63) is 0 Å². The van der Waals surface area contributed by atoms with Crippen molar-refractivity contribution in [2.75, 3.05) is 11.5 Å². The Kier molecular flexibility index (Phi) is 36.9. The van der Waals surface area contributed by atoms with E-state index in [9.17, 15) is 0 Å². The van der Waals surface area contributed by atoms with Crippen molar-refractivity contribution in [2.24, 2.45) is 11.8 Å². The zero-order valence-electron chi connectivity index (χ0n) is 29.6. The van der Waals surface area contributed by atoms with Gasteiger partial charge in [0.2, 0.25) is 0 Å². The van der Waals surface area contributed by atoms with E-state index in [1.54, 1.807) is 0 Å². The maximum Gasteiger partial charge on any atom is -0.00390 e. The van der Waals surface area contributed by atoms with E-state index in [2.05, 4.69) is 39.5 Å². The molecule has 0 aromatic carbocycles. The van der Waals surface area contributed by atoms with E-state index in [-0.39, 0.29) is 0 Å². The molecule has 41 heavy (non-hydrogen) atoms. The van der Waals surface area contributed by atoms with Crippen molar-refractivity contribution in [2.45, 2.75) is 233 Å². The van der Waals surface area contributed by atoms with Gasteiger partial charge in [0.25, 0.3) is 0 Å². The van der Waals surface area contributed by atoms with Gasteiger partial charge in [-0.25, -0.2) is 0 Å². The highest BCUT2D eigenvalue weighted by atomic mass is 32.2. The monoisotopic (exact) mass is 595 g/mol. The van der Waals surface area contributed by atoms with Gasteiger partial charge in [-0.3, -0.25) is 0 Å². The van der Waals surface area contributed by atoms with Gasteiger partial charge in [0, 0.05) is 0 Å². The average Bonchev–Trinajstić information content (AvgIpc) is 2.98. The summed E-state index contributed by atoms with van der Waals surface area (Å²) < 4.78 is 0. The van der Waals surface area contributed by atoms with Gasteiger partial charge in [-0.15, -0.1) is 0 Å². The Hall–Kier alpha value is 0.350. The fourth-order valence-electron chi connectivity index (χ4n) is 6.58. The first-order valence-electron chi connectivity index (χ1n) is 19.9. The van der Waals surface area contributed by atoms with Gasteiger partial charge in [0.05, 0.1) is 0 Å². The lowest BCUT2D eigenvalue weighted by molar-refractivity contribution is 0.429. The lowest BCUT2D eigenvalue weighted by Gasteiger charge is -2.20. The van der Waals surface area contributed by atoms with E-state index < -0.39 is 0 Å². The van der Waals surface area contributed by atoms with E-state index >= 15 is 0 Å². The second-order valence-corrected chi connectivity index (χ2v) is 15.0. The fourth-order valence-corrected chi connectivity index (χ4v) is 8.05. The summed E-state index contributed by atoms with van der Waals surface area (Å²) in [5.74, 6) is 4.89. The zero-order valence-corrected chi connectivity index (χ0v) is 30.4. The minimum Gasteiger partial charge on any atom is -0.161 e. The Morgan fingerprint density at radius 3 is 0.683 bits per heavy atom. The topological polar surface area (TPSA) is 0 Å². The van der Waals surface area contributed by atoms with E-state index in [0.29, 0.717) is 0 Å². The Morgan fingerprint density at radius 1 is 0.268 bits per heavy atom. The van der Waals surface area contributed by atoms with Gasteiger partial charge >= 0.3 is 0 Å². The quantitative estimate of drug-likeness (QED) is 0.0650.